The number of benzene rings is 2. The average Bonchev–Trinajstić information content (AvgIpc) is 3.05. The molecule has 0 aliphatic heterocycles. The second-order valence-electron chi connectivity index (χ2n) is 6.13. The monoisotopic (exact) mass is 340 g/mol. The number of aryl methyl sites for hydroxylation is 1. The van der Waals surface area contributed by atoms with Crippen molar-refractivity contribution >= 4 is 11.1 Å². The summed E-state index contributed by atoms with van der Waals surface area (Å²) in [5.74, 6) is 1.58. The van der Waals surface area contributed by atoms with Crippen LogP contribution in [0.25, 0.3) is 11.1 Å². The summed E-state index contributed by atoms with van der Waals surface area (Å²) in [6.07, 6.45) is 1.69. The summed E-state index contributed by atoms with van der Waals surface area (Å²) in [6, 6.07) is 15.6. The Morgan fingerprint density at radius 1 is 1.16 bits per heavy atom. The molecule has 0 saturated carbocycles. The SMILES string of the molecule is COc1ccc([C@@H](CO)N(C)CCCc2nc3ccccc3o2)cc1. The number of hydrogen-bond donors (Lipinski definition) is 1. The molecule has 1 aromatic heterocycles. The zero-order valence-corrected chi connectivity index (χ0v) is 14.7. The summed E-state index contributed by atoms with van der Waals surface area (Å²) in [5, 5.41) is 9.78. The zero-order valence-electron chi connectivity index (χ0n) is 14.7. The van der Waals surface area contributed by atoms with Crippen molar-refractivity contribution in [3.05, 3.63) is 60.0 Å². The first-order valence-corrected chi connectivity index (χ1v) is 8.50. The van der Waals surface area contributed by atoms with E-state index in [1.54, 1.807) is 7.11 Å². The zero-order chi connectivity index (χ0) is 17.6. The minimum absolute atomic E-state index is 0.0328. The van der Waals surface area contributed by atoms with Crippen molar-refractivity contribution in [2.45, 2.75) is 18.9 Å². The van der Waals surface area contributed by atoms with Crippen molar-refractivity contribution in [2.24, 2.45) is 0 Å². The number of aliphatic hydroxyl groups is 1. The second-order valence-corrected chi connectivity index (χ2v) is 6.13. The molecule has 2 aromatic carbocycles. The van der Waals surface area contributed by atoms with Gasteiger partial charge in [0.1, 0.15) is 11.3 Å². The van der Waals surface area contributed by atoms with Crippen LogP contribution in [0.4, 0.5) is 0 Å². The van der Waals surface area contributed by atoms with Crippen LogP contribution in [0, 0.1) is 0 Å². The second kappa shape index (κ2) is 8.14. The van der Waals surface area contributed by atoms with Crippen molar-refractivity contribution in [1.29, 1.82) is 0 Å². The maximum Gasteiger partial charge on any atom is 0.195 e. The van der Waals surface area contributed by atoms with Gasteiger partial charge in [-0.3, -0.25) is 4.90 Å². The predicted molar refractivity (Wildman–Crippen MR) is 97.8 cm³/mol. The van der Waals surface area contributed by atoms with Gasteiger partial charge in [-0.2, -0.15) is 0 Å². The van der Waals surface area contributed by atoms with Crippen LogP contribution < -0.4 is 4.74 Å². The van der Waals surface area contributed by atoms with Crippen LogP contribution >= 0.6 is 0 Å². The molecule has 3 rings (SSSR count). The van der Waals surface area contributed by atoms with Crippen LogP contribution in [0.2, 0.25) is 0 Å². The van der Waals surface area contributed by atoms with Crippen LogP contribution in [0.1, 0.15) is 23.9 Å². The van der Waals surface area contributed by atoms with Crippen LogP contribution in [0.5, 0.6) is 5.75 Å². The van der Waals surface area contributed by atoms with E-state index in [0.717, 1.165) is 47.7 Å². The van der Waals surface area contributed by atoms with E-state index in [1.807, 2.05) is 55.6 Å². The number of oxazole rings is 1. The lowest BCUT2D eigenvalue weighted by Gasteiger charge is -2.26. The van der Waals surface area contributed by atoms with Crippen molar-refractivity contribution < 1.29 is 14.3 Å². The number of aliphatic hydroxyl groups excluding tert-OH is 1. The number of hydrogen-bond acceptors (Lipinski definition) is 5. The molecule has 132 valence electrons. The lowest BCUT2D eigenvalue weighted by molar-refractivity contribution is 0.146. The molecule has 25 heavy (non-hydrogen) atoms. The Labute approximate surface area is 147 Å². The van der Waals surface area contributed by atoms with E-state index < -0.39 is 0 Å². The Balaban J connectivity index is 1.57. The molecule has 1 N–H and O–H groups in total. The van der Waals surface area contributed by atoms with E-state index in [9.17, 15) is 5.11 Å². The van der Waals surface area contributed by atoms with Crippen molar-refractivity contribution in [2.75, 3.05) is 27.3 Å². The molecular weight excluding hydrogens is 316 g/mol. The Hall–Kier alpha value is -2.37. The number of fused-ring (bicyclic) bond motifs is 1. The molecule has 0 unspecified atom stereocenters. The fraction of sp³-hybridized carbons (Fsp3) is 0.350. The molecule has 1 heterocycles. The maximum atomic E-state index is 9.78. The van der Waals surface area contributed by atoms with Crippen molar-refractivity contribution in [1.82, 2.24) is 9.88 Å². The van der Waals surface area contributed by atoms with Crippen LogP contribution in [-0.4, -0.2) is 42.3 Å². The lowest BCUT2D eigenvalue weighted by atomic mass is 10.1. The minimum Gasteiger partial charge on any atom is -0.497 e. The topological polar surface area (TPSA) is 58.7 Å². The largest absolute Gasteiger partial charge is 0.497 e. The predicted octanol–water partition coefficient (Wildman–Crippen LogP) is 3.43. The molecule has 0 saturated heterocycles. The van der Waals surface area contributed by atoms with Gasteiger partial charge in [-0.1, -0.05) is 24.3 Å². The number of rotatable bonds is 8. The van der Waals surface area contributed by atoms with Gasteiger partial charge in [0.25, 0.3) is 0 Å². The Morgan fingerprint density at radius 3 is 2.60 bits per heavy atom. The molecule has 0 bridgehead atoms. The highest BCUT2D eigenvalue weighted by Gasteiger charge is 2.16. The van der Waals surface area contributed by atoms with Gasteiger partial charge in [0.05, 0.1) is 19.8 Å². The van der Waals surface area contributed by atoms with E-state index >= 15 is 0 Å². The minimum atomic E-state index is -0.0328. The molecule has 0 aliphatic carbocycles. The summed E-state index contributed by atoms with van der Waals surface area (Å²) in [6.45, 7) is 0.918. The summed E-state index contributed by atoms with van der Waals surface area (Å²) in [5.41, 5.74) is 2.81. The molecular formula is C20H24N2O3. The van der Waals surface area contributed by atoms with Gasteiger partial charge in [-0.15, -0.1) is 0 Å². The summed E-state index contributed by atoms with van der Waals surface area (Å²) in [4.78, 5) is 6.66. The van der Waals surface area contributed by atoms with Gasteiger partial charge < -0.3 is 14.3 Å². The first kappa shape index (κ1) is 17.5. The van der Waals surface area contributed by atoms with Gasteiger partial charge in [-0.25, -0.2) is 4.98 Å². The Morgan fingerprint density at radius 2 is 1.92 bits per heavy atom. The summed E-state index contributed by atoms with van der Waals surface area (Å²) in [7, 11) is 3.67. The Bertz CT molecular complexity index is 765. The molecule has 0 spiro atoms. The highest BCUT2D eigenvalue weighted by molar-refractivity contribution is 5.72. The van der Waals surface area contributed by atoms with Gasteiger partial charge in [0.2, 0.25) is 0 Å². The fourth-order valence-electron chi connectivity index (χ4n) is 2.99. The third-order valence-electron chi connectivity index (χ3n) is 4.45. The third kappa shape index (κ3) is 4.18. The van der Waals surface area contributed by atoms with E-state index in [1.165, 1.54) is 0 Å². The highest BCUT2D eigenvalue weighted by Crippen LogP contribution is 2.22. The normalized spacial score (nSPS) is 12.6. The Kier molecular flexibility index (Phi) is 5.68. The van der Waals surface area contributed by atoms with Crippen LogP contribution in [-0.2, 0) is 6.42 Å². The molecule has 5 heteroatoms. The van der Waals surface area contributed by atoms with Gasteiger partial charge >= 0.3 is 0 Å². The number of methoxy groups -OCH3 is 1. The molecule has 0 aliphatic rings. The summed E-state index contributed by atoms with van der Waals surface area (Å²) < 4.78 is 10.9. The van der Waals surface area contributed by atoms with Crippen molar-refractivity contribution in [3.63, 3.8) is 0 Å². The molecule has 3 aromatic rings. The first-order valence-electron chi connectivity index (χ1n) is 8.50. The molecule has 5 nitrogen and oxygen atoms in total. The van der Waals surface area contributed by atoms with Gasteiger partial charge in [-0.05, 0) is 49.8 Å². The van der Waals surface area contributed by atoms with Crippen molar-refractivity contribution in [3.8, 4) is 5.75 Å². The standard InChI is InChI=1S/C20H24N2O3/c1-22(18(14-23)15-9-11-16(24-2)12-10-15)13-5-8-20-21-17-6-3-4-7-19(17)25-20/h3-4,6-7,9-12,18,23H,5,8,13-14H2,1-2H3/t18-/m1/s1. The molecule has 1 atom stereocenters. The summed E-state index contributed by atoms with van der Waals surface area (Å²) >= 11 is 0. The van der Waals surface area contributed by atoms with E-state index in [2.05, 4.69) is 9.88 Å². The van der Waals surface area contributed by atoms with Gasteiger partial charge in [0.15, 0.2) is 11.5 Å². The maximum absolute atomic E-state index is 9.78. The molecule has 0 fully saturated rings. The average molecular weight is 340 g/mol. The number of likely N-dealkylation sites (N-methyl/N-ethyl adjacent to an activating group) is 1. The van der Waals surface area contributed by atoms with Crippen LogP contribution in [0.3, 0.4) is 0 Å². The first-order chi connectivity index (χ1) is 12.2. The number of aromatic nitrogens is 1. The number of para-hydroxylation sites is 2. The highest BCUT2D eigenvalue weighted by atomic mass is 16.5. The van der Waals surface area contributed by atoms with E-state index in [4.69, 9.17) is 9.15 Å². The molecule has 0 amide bonds. The smallest absolute Gasteiger partial charge is 0.195 e. The van der Waals surface area contributed by atoms with Crippen LogP contribution in [0.15, 0.2) is 52.9 Å². The fourth-order valence-corrected chi connectivity index (χ4v) is 2.99. The quantitative estimate of drug-likeness (QED) is 0.681. The van der Waals surface area contributed by atoms with E-state index in [0.29, 0.717) is 0 Å². The number of ether oxygens (including phenoxy) is 1. The molecule has 0 radical (unpaired) electrons. The van der Waals surface area contributed by atoms with Gasteiger partial charge in [0, 0.05) is 6.42 Å². The third-order valence-corrected chi connectivity index (χ3v) is 4.45. The van der Waals surface area contributed by atoms with E-state index in [-0.39, 0.29) is 12.6 Å². The lowest BCUT2D eigenvalue weighted by Crippen LogP contribution is -2.28. The number of nitrogens with zero attached hydrogens (tertiary/aromatic N) is 2.